The molecule has 0 aliphatic carbocycles. The molecule has 0 radical (unpaired) electrons. The molecule has 0 saturated heterocycles. The van der Waals surface area contributed by atoms with Gasteiger partial charge in [0.25, 0.3) is 0 Å². The van der Waals surface area contributed by atoms with Gasteiger partial charge in [0.1, 0.15) is 11.6 Å². The molecule has 90 valence electrons. The first-order valence-electron chi connectivity index (χ1n) is 5.04. The van der Waals surface area contributed by atoms with Crippen LogP contribution in [-0.2, 0) is 0 Å². The Labute approximate surface area is 102 Å². The van der Waals surface area contributed by atoms with Crippen molar-refractivity contribution in [2.45, 2.75) is 13.0 Å². The molecule has 0 saturated carbocycles. The van der Waals surface area contributed by atoms with Gasteiger partial charge in [-0.2, -0.15) is 8.75 Å². The number of aryl methyl sites for hydroxylation is 1. The molecule has 6 heteroatoms. The number of hydrogen-bond donors (Lipinski definition) is 1. The van der Waals surface area contributed by atoms with Gasteiger partial charge in [-0.05, 0) is 25.6 Å². The van der Waals surface area contributed by atoms with E-state index in [1.807, 2.05) is 0 Å². The van der Waals surface area contributed by atoms with Crippen molar-refractivity contribution in [1.82, 2.24) is 14.1 Å². The van der Waals surface area contributed by atoms with Gasteiger partial charge < -0.3 is 5.32 Å². The minimum atomic E-state index is -0.617. The lowest BCUT2D eigenvalue weighted by atomic mass is 10.0. The molecule has 0 aliphatic heterocycles. The maximum Gasteiger partial charge on any atom is 0.134 e. The standard InChI is InChI=1S/C11H11F2N3S/c1-6-3-4-7(12)9(10(6)13)11(14-2)8-5-15-17-16-8/h3-5,11,14H,1-2H3. The Bertz CT molecular complexity index is 514. The second kappa shape index (κ2) is 4.85. The van der Waals surface area contributed by atoms with E-state index < -0.39 is 17.7 Å². The van der Waals surface area contributed by atoms with Crippen LogP contribution in [0.2, 0.25) is 0 Å². The van der Waals surface area contributed by atoms with E-state index in [1.165, 1.54) is 18.3 Å². The van der Waals surface area contributed by atoms with Gasteiger partial charge >= 0.3 is 0 Å². The molecule has 1 heterocycles. The fraction of sp³-hybridized carbons (Fsp3) is 0.273. The molecule has 1 unspecified atom stereocenters. The maximum absolute atomic E-state index is 14.0. The summed E-state index contributed by atoms with van der Waals surface area (Å²) in [6.45, 7) is 1.60. The fourth-order valence-electron chi connectivity index (χ4n) is 1.68. The van der Waals surface area contributed by atoms with Crippen molar-refractivity contribution >= 4 is 11.7 Å². The summed E-state index contributed by atoms with van der Waals surface area (Å²) >= 11 is 1.01. The van der Waals surface area contributed by atoms with Gasteiger partial charge in [-0.15, -0.1) is 0 Å². The van der Waals surface area contributed by atoms with Crippen molar-refractivity contribution in [1.29, 1.82) is 0 Å². The van der Waals surface area contributed by atoms with Crippen LogP contribution in [0, 0.1) is 18.6 Å². The molecule has 2 rings (SSSR count). The lowest BCUT2D eigenvalue weighted by Crippen LogP contribution is -2.21. The van der Waals surface area contributed by atoms with Gasteiger partial charge in [0.15, 0.2) is 0 Å². The van der Waals surface area contributed by atoms with Crippen molar-refractivity contribution in [3.05, 3.63) is 46.8 Å². The van der Waals surface area contributed by atoms with Crippen LogP contribution in [0.1, 0.15) is 22.9 Å². The summed E-state index contributed by atoms with van der Waals surface area (Å²) in [5.41, 5.74) is 0.908. The van der Waals surface area contributed by atoms with Crippen LogP contribution in [0.3, 0.4) is 0 Å². The van der Waals surface area contributed by atoms with Crippen molar-refractivity contribution in [2.75, 3.05) is 7.05 Å². The van der Waals surface area contributed by atoms with E-state index >= 15 is 0 Å². The Morgan fingerprint density at radius 3 is 2.71 bits per heavy atom. The zero-order valence-electron chi connectivity index (χ0n) is 9.37. The van der Waals surface area contributed by atoms with Crippen LogP contribution >= 0.6 is 11.7 Å². The predicted molar refractivity (Wildman–Crippen MR) is 61.9 cm³/mol. The molecular formula is C11H11F2N3S. The van der Waals surface area contributed by atoms with Crippen LogP contribution in [0.15, 0.2) is 18.3 Å². The first-order valence-corrected chi connectivity index (χ1v) is 5.77. The molecule has 3 nitrogen and oxygen atoms in total. The number of hydrogen-bond acceptors (Lipinski definition) is 4. The summed E-state index contributed by atoms with van der Waals surface area (Å²) in [5.74, 6) is -1.13. The van der Waals surface area contributed by atoms with E-state index in [4.69, 9.17) is 0 Å². The van der Waals surface area contributed by atoms with Crippen molar-refractivity contribution in [3.63, 3.8) is 0 Å². The number of halogens is 2. The number of benzene rings is 1. The average Bonchev–Trinajstić information content (AvgIpc) is 2.83. The summed E-state index contributed by atoms with van der Waals surface area (Å²) in [6.07, 6.45) is 1.51. The smallest absolute Gasteiger partial charge is 0.134 e. The van der Waals surface area contributed by atoms with Crippen LogP contribution in [0.4, 0.5) is 8.78 Å². The Morgan fingerprint density at radius 2 is 2.12 bits per heavy atom. The van der Waals surface area contributed by atoms with Crippen LogP contribution < -0.4 is 5.32 Å². The monoisotopic (exact) mass is 255 g/mol. The van der Waals surface area contributed by atoms with Gasteiger partial charge in [-0.3, -0.25) is 0 Å². The van der Waals surface area contributed by atoms with Crippen LogP contribution in [-0.4, -0.2) is 15.8 Å². The molecule has 17 heavy (non-hydrogen) atoms. The molecule has 0 amide bonds. The first-order chi connectivity index (χ1) is 8.15. The first kappa shape index (κ1) is 12.1. The van der Waals surface area contributed by atoms with E-state index in [1.54, 1.807) is 14.0 Å². The third-order valence-electron chi connectivity index (χ3n) is 2.57. The van der Waals surface area contributed by atoms with Crippen LogP contribution in [0.5, 0.6) is 0 Å². The molecule has 0 fully saturated rings. The van der Waals surface area contributed by atoms with Crippen molar-refractivity contribution in [2.24, 2.45) is 0 Å². The summed E-state index contributed by atoms with van der Waals surface area (Å²) in [7, 11) is 1.63. The lowest BCUT2D eigenvalue weighted by Gasteiger charge is -2.16. The second-order valence-corrected chi connectivity index (χ2v) is 4.20. The molecule has 1 N–H and O–H groups in total. The predicted octanol–water partition coefficient (Wildman–Crippen LogP) is 2.43. The lowest BCUT2D eigenvalue weighted by molar-refractivity contribution is 0.514. The Kier molecular flexibility index (Phi) is 3.44. The Morgan fingerprint density at radius 1 is 1.35 bits per heavy atom. The molecule has 1 aromatic heterocycles. The van der Waals surface area contributed by atoms with Crippen molar-refractivity contribution in [3.8, 4) is 0 Å². The number of nitrogens with one attached hydrogen (secondary N) is 1. The average molecular weight is 255 g/mol. The maximum atomic E-state index is 14.0. The largest absolute Gasteiger partial charge is 0.308 e. The highest BCUT2D eigenvalue weighted by Crippen LogP contribution is 2.27. The van der Waals surface area contributed by atoms with E-state index in [2.05, 4.69) is 14.1 Å². The van der Waals surface area contributed by atoms with Crippen molar-refractivity contribution < 1.29 is 8.78 Å². The molecule has 2 aromatic rings. The normalized spacial score (nSPS) is 12.7. The van der Waals surface area contributed by atoms with Gasteiger partial charge in [-0.1, -0.05) is 6.07 Å². The van der Waals surface area contributed by atoms with Gasteiger partial charge in [0, 0.05) is 5.56 Å². The zero-order valence-corrected chi connectivity index (χ0v) is 10.2. The van der Waals surface area contributed by atoms with Crippen LogP contribution in [0.25, 0.3) is 0 Å². The minimum Gasteiger partial charge on any atom is -0.308 e. The SMILES string of the molecule is CNC(c1cnsn1)c1c(F)ccc(C)c1F. The minimum absolute atomic E-state index is 0.0137. The quantitative estimate of drug-likeness (QED) is 0.915. The van der Waals surface area contributed by atoms with Gasteiger partial charge in [0.2, 0.25) is 0 Å². The number of rotatable bonds is 3. The molecule has 1 aromatic carbocycles. The van der Waals surface area contributed by atoms with E-state index in [-0.39, 0.29) is 5.56 Å². The topological polar surface area (TPSA) is 37.8 Å². The summed E-state index contributed by atoms with van der Waals surface area (Å²) < 4.78 is 35.6. The third-order valence-corrected chi connectivity index (χ3v) is 3.06. The summed E-state index contributed by atoms with van der Waals surface area (Å²) in [5, 5.41) is 2.85. The van der Waals surface area contributed by atoms with E-state index in [0.29, 0.717) is 11.3 Å². The summed E-state index contributed by atoms with van der Waals surface area (Å²) in [4.78, 5) is 0. The second-order valence-electron chi connectivity index (χ2n) is 3.65. The summed E-state index contributed by atoms with van der Waals surface area (Å²) in [6, 6.07) is 2.06. The highest BCUT2D eigenvalue weighted by atomic mass is 32.1. The molecule has 0 spiro atoms. The fourth-order valence-corrected chi connectivity index (χ4v) is 2.13. The highest BCUT2D eigenvalue weighted by molar-refractivity contribution is 6.99. The van der Waals surface area contributed by atoms with Gasteiger partial charge in [-0.25, -0.2) is 8.78 Å². The molecule has 0 aliphatic rings. The Balaban J connectivity index is 2.55. The third kappa shape index (κ3) is 2.18. The van der Waals surface area contributed by atoms with Gasteiger partial charge in [0.05, 0.1) is 29.7 Å². The van der Waals surface area contributed by atoms with E-state index in [0.717, 1.165) is 11.7 Å². The molecular weight excluding hydrogens is 244 g/mol. The number of aromatic nitrogens is 2. The molecule has 0 bridgehead atoms. The highest BCUT2D eigenvalue weighted by Gasteiger charge is 2.23. The van der Waals surface area contributed by atoms with E-state index in [9.17, 15) is 8.78 Å². The zero-order chi connectivity index (χ0) is 12.4. The number of nitrogens with zero attached hydrogens (tertiary/aromatic N) is 2. The molecule has 1 atom stereocenters. The Hall–Kier alpha value is -1.40.